The van der Waals surface area contributed by atoms with Gasteiger partial charge in [-0.2, -0.15) is 0 Å². The summed E-state index contributed by atoms with van der Waals surface area (Å²) in [6.07, 6.45) is 1.81. The average Bonchev–Trinajstić information content (AvgIpc) is 3.80. The number of imidazole rings is 1. The number of hydrogen-bond donors (Lipinski definition) is 1. The maximum absolute atomic E-state index is 11.3. The van der Waals surface area contributed by atoms with Gasteiger partial charge in [-0.05, 0) is 77.9 Å². The molecule has 0 bridgehead atoms. The zero-order chi connectivity index (χ0) is 38.7. The molecule has 0 aliphatic rings. The van der Waals surface area contributed by atoms with E-state index >= 15 is 0 Å². The van der Waals surface area contributed by atoms with Gasteiger partial charge in [-0.25, -0.2) is 4.98 Å². The number of hydrogen-bond acceptors (Lipinski definition) is 3. The topological polar surface area (TPSA) is 55.9 Å². The molecule has 0 radical (unpaired) electrons. The average molecular weight is 892 g/mol. The van der Waals surface area contributed by atoms with Crippen LogP contribution in [0.5, 0.6) is 5.75 Å². The van der Waals surface area contributed by atoms with Crippen LogP contribution in [0.3, 0.4) is 0 Å². The van der Waals surface area contributed by atoms with Crippen molar-refractivity contribution in [3.63, 3.8) is 0 Å². The molecule has 266 valence electrons. The van der Waals surface area contributed by atoms with Crippen molar-refractivity contribution in [3.05, 3.63) is 188 Å². The molecule has 10 rings (SSSR count). The molecule has 0 aliphatic carbocycles. The number of fused-ring (bicyclic) bond motifs is 4. The quantitative estimate of drug-likeness (QED) is 0.169. The summed E-state index contributed by atoms with van der Waals surface area (Å²) in [6.45, 7) is -2.31. The summed E-state index contributed by atoms with van der Waals surface area (Å²) in [5.74, 6) is 0.594. The fourth-order valence-corrected chi connectivity index (χ4v) is 7.70. The minimum Gasteiger partial charge on any atom is -0.507 e. The van der Waals surface area contributed by atoms with Crippen molar-refractivity contribution < 1.29 is 30.3 Å². The van der Waals surface area contributed by atoms with Gasteiger partial charge >= 0.3 is 0 Å². The van der Waals surface area contributed by atoms with Crippen molar-refractivity contribution in [1.29, 1.82) is 0 Å². The molecule has 0 fully saturated rings. The molecule has 0 spiro atoms. The summed E-state index contributed by atoms with van der Waals surface area (Å²) >= 11 is 0. The molecule has 55 heavy (non-hydrogen) atoms. The van der Waals surface area contributed by atoms with Gasteiger partial charge in [0.25, 0.3) is 0 Å². The van der Waals surface area contributed by atoms with Gasteiger partial charge < -0.3 is 9.67 Å². The molecular formula is C49H33N4OPt-. The van der Waals surface area contributed by atoms with Crippen LogP contribution in [0.15, 0.2) is 176 Å². The van der Waals surface area contributed by atoms with Crippen molar-refractivity contribution in [1.82, 2.24) is 19.1 Å². The molecule has 6 heteroatoms. The van der Waals surface area contributed by atoms with E-state index in [1.807, 2.05) is 102 Å². The largest absolute Gasteiger partial charge is 0.507 e. The number of para-hydroxylation sites is 4. The third-order valence-electron chi connectivity index (χ3n) is 10.1. The van der Waals surface area contributed by atoms with E-state index < -0.39 is 6.85 Å². The second-order valence-electron chi connectivity index (χ2n) is 13.3. The predicted molar refractivity (Wildman–Crippen MR) is 220 cm³/mol. The first-order valence-electron chi connectivity index (χ1n) is 19.3. The van der Waals surface area contributed by atoms with Gasteiger partial charge in [-0.1, -0.05) is 131 Å². The fraction of sp³-hybridized carbons (Fsp3) is 0.0204. The Hall–Kier alpha value is -6.55. The number of aromatic hydroxyl groups is 1. The Morgan fingerprint density at radius 1 is 0.618 bits per heavy atom. The zero-order valence-corrected chi connectivity index (χ0v) is 31.6. The van der Waals surface area contributed by atoms with Crippen molar-refractivity contribution in [2.45, 2.75) is 6.85 Å². The van der Waals surface area contributed by atoms with Crippen LogP contribution in [0.4, 0.5) is 0 Å². The smallest absolute Gasteiger partial charge is 0.148 e. The molecule has 0 aliphatic heterocycles. The molecule has 0 atom stereocenters. The Labute approximate surface area is 337 Å². The standard InChI is InChI=1S/C49H33N4O.Pt/c1-32-26-27-44(39(29-32)33-15-4-2-5-16-33)53-45-24-14-21-36(47(45)51-49(53)38-20-9-11-25-46(38)54)34-30-40-37-19-8-10-23-43(37)52(35-17-6-3-7-18-35)48(40)41(31-34)42-22-12-13-28-50-42;/h2-30,54H,1H3;/q-1;/i1D3;. The van der Waals surface area contributed by atoms with Gasteiger partial charge in [-0.15, -0.1) is 17.7 Å². The molecule has 0 saturated carbocycles. The van der Waals surface area contributed by atoms with E-state index in [0.29, 0.717) is 16.9 Å². The van der Waals surface area contributed by atoms with Gasteiger partial charge in [0.15, 0.2) is 0 Å². The minimum absolute atomic E-state index is 0. The normalized spacial score (nSPS) is 12.3. The maximum Gasteiger partial charge on any atom is 0.148 e. The molecule has 3 aromatic heterocycles. The summed E-state index contributed by atoms with van der Waals surface area (Å²) in [6, 6.07) is 59.0. The van der Waals surface area contributed by atoms with Crippen molar-refractivity contribution in [2.24, 2.45) is 0 Å². The third-order valence-corrected chi connectivity index (χ3v) is 10.1. The summed E-state index contributed by atoms with van der Waals surface area (Å²) in [7, 11) is 0. The third kappa shape index (κ3) is 5.76. The van der Waals surface area contributed by atoms with Gasteiger partial charge in [0.05, 0.1) is 22.3 Å². The van der Waals surface area contributed by atoms with Crippen LogP contribution in [0.1, 0.15) is 9.68 Å². The number of phenols is 1. The molecule has 10 aromatic rings. The van der Waals surface area contributed by atoms with Crippen molar-refractivity contribution >= 4 is 32.8 Å². The van der Waals surface area contributed by atoms with Crippen LogP contribution in [-0.2, 0) is 21.1 Å². The number of benzene rings is 7. The summed E-state index contributed by atoms with van der Waals surface area (Å²) in [4.78, 5) is 10.2. The van der Waals surface area contributed by atoms with Gasteiger partial charge in [0, 0.05) is 53.8 Å². The number of nitrogens with zero attached hydrogens (tertiary/aromatic N) is 4. The predicted octanol–water partition coefficient (Wildman–Crippen LogP) is 12.0. The summed E-state index contributed by atoms with van der Waals surface area (Å²) in [5.41, 5.74) is 11.0. The van der Waals surface area contributed by atoms with E-state index in [1.165, 1.54) is 0 Å². The van der Waals surface area contributed by atoms with E-state index in [9.17, 15) is 5.11 Å². The van der Waals surface area contributed by atoms with E-state index in [1.54, 1.807) is 30.5 Å². The molecule has 0 amide bonds. The summed E-state index contributed by atoms with van der Waals surface area (Å²) < 4.78 is 29.1. The zero-order valence-electron chi connectivity index (χ0n) is 32.3. The van der Waals surface area contributed by atoms with Crippen molar-refractivity contribution in [2.75, 3.05) is 0 Å². The molecule has 5 nitrogen and oxygen atoms in total. The Bertz CT molecular complexity index is 3120. The Morgan fingerprint density at radius 3 is 2.15 bits per heavy atom. The van der Waals surface area contributed by atoms with Crippen LogP contribution >= 0.6 is 0 Å². The van der Waals surface area contributed by atoms with Crippen LogP contribution in [0.25, 0.3) is 89.1 Å². The van der Waals surface area contributed by atoms with Gasteiger partial charge in [0.1, 0.15) is 11.6 Å². The first kappa shape index (κ1) is 30.9. The van der Waals surface area contributed by atoms with Gasteiger partial charge in [-0.3, -0.25) is 9.55 Å². The minimum atomic E-state index is -2.31. The second-order valence-corrected chi connectivity index (χ2v) is 13.3. The SMILES string of the molecule is [2H]C([2H])([2H])c1ccc(-n2c(-c3ccccc3O)nc3c(-c4[c-]c(-c5ccccn5)c5c(c4)c4ccccc4n5-c4ccccc4)cccc32)c(-c2ccccc2)c1.[Pt]. The molecule has 0 saturated heterocycles. The maximum atomic E-state index is 11.3. The van der Waals surface area contributed by atoms with E-state index in [4.69, 9.17) is 14.1 Å². The monoisotopic (exact) mass is 891 g/mol. The number of phenolic OH excluding ortho intramolecular Hbond substituents is 1. The summed E-state index contributed by atoms with van der Waals surface area (Å²) in [5, 5.41) is 13.5. The van der Waals surface area contributed by atoms with Crippen LogP contribution in [-0.4, -0.2) is 24.2 Å². The number of aromatic nitrogens is 4. The number of aryl methyl sites for hydroxylation is 1. The fourth-order valence-electron chi connectivity index (χ4n) is 7.70. The molecule has 3 heterocycles. The first-order valence-corrected chi connectivity index (χ1v) is 17.8. The van der Waals surface area contributed by atoms with Crippen molar-refractivity contribution in [3.8, 4) is 62.0 Å². The Kier molecular flexibility index (Phi) is 7.87. The Morgan fingerprint density at radius 2 is 1.35 bits per heavy atom. The van der Waals surface area contributed by atoms with E-state index in [-0.39, 0.29) is 32.4 Å². The van der Waals surface area contributed by atoms with Gasteiger partial charge in [0.2, 0.25) is 0 Å². The first-order chi connectivity index (χ1) is 27.8. The van der Waals surface area contributed by atoms with E-state index in [2.05, 4.69) is 59.2 Å². The number of pyridine rings is 1. The van der Waals surface area contributed by atoms with Crippen LogP contribution < -0.4 is 0 Å². The molecule has 1 N–H and O–H groups in total. The Balaban J connectivity index is 0.00000436. The molecular weight excluding hydrogens is 856 g/mol. The second kappa shape index (κ2) is 14.0. The van der Waals surface area contributed by atoms with Crippen LogP contribution in [0, 0.1) is 12.9 Å². The van der Waals surface area contributed by atoms with E-state index in [0.717, 1.165) is 72.2 Å². The van der Waals surface area contributed by atoms with Crippen LogP contribution in [0.2, 0.25) is 0 Å². The molecule has 7 aromatic carbocycles. The molecule has 0 unspecified atom stereocenters. The number of rotatable bonds is 6.